The Morgan fingerprint density at radius 3 is 2.55 bits per heavy atom. The molecule has 2 N–H and O–H groups in total. The van der Waals surface area contributed by atoms with Gasteiger partial charge in [0.15, 0.2) is 0 Å². The van der Waals surface area contributed by atoms with Gasteiger partial charge in [0.2, 0.25) is 5.91 Å². The summed E-state index contributed by atoms with van der Waals surface area (Å²) in [6, 6.07) is 3.46. The van der Waals surface area contributed by atoms with Gasteiger partial charge in [-0.05, 0) is 24.1 Å². The van der Waals surface area contributed by atoms with E-state index in [2.05, 4.69) is 5.32 Å². The quantitative estimate of drug-likeness (QED) is 0.723. The molecule has 0 aliphatic rings. The largest absolute Gasteiger partial charge is 0.389 e. The number of aliphatic hydroxyl groups excluding tert-OH is 1. The molecule has 0 spiro atoms. The smallest absolute Gasteiger partial charge is 0.244 e. The van der Waals surface area contributed by atoms with E-state index in [1.807, 2.05) is 13.8 Å². The number of benzene rings is 1. The highest BCUT2D eigenvalue weighted by atomic mass is 19.1. The molecule has 0 aromatic heterocycles. The molecule has 0 aliphatic heterocycles. The maximum atomic E-state index is 13.3. The lowest BCUT2D eigenvalue weighted by Gasteiger charge is -2.12. The molecule has 6 heteroatoms. The third-order valence-corrected chi connectivity index (χ3v) is 2.67. The van der Waals surface area contributed by atoms with Gasteiger partial charge in [-0.15, -0.1) is 0 Å². The lowest BCUT2D eigenvalue weighted by molar-refractivity contribution is -0.117. The van der Waals surface area contributed by atoms with E-state index < -0.39 is 23.6 Å². The molecule has 0 aliphatic carbocycles. The molecule has 0 heterocycles. The van der Waals surface area contributed by atoms with E-state index in [0.717, 1.165) is 24.3 Å². The first-order chi connectivity index (χ1) is 10.4. The van der Waals surface area contributed by atoms with Crippen LogP contribution in [0.1, 0.15) is 19.4 Å². The normalized spacial score (nSPS) is 12.8. The van der Waals surface area contributed by atoms with Crippen LogP contribution in [0.15, 0.2) is 24.3 Å². The third-order valence-electron chi connectivity index (χ3n) is 2.67. The zero-order valence-corrected chi connectivity index (χ0v) is 12.7. The van der Waals surface area contributed by atoms with E-state index in [-0.39, 0.29) is 18.7 Å². The number of ether oxygens (including phenoxy) is 1. The Kier molecular flexibility index (Phi) is 7.70. The molecule has 1 aromatic carbocycles. The average molecular weight is 313 g/mol. The SMILES string of the molecule is CC(C)COCC(O)CNC(=O)/C=C/c1c(F)cccc1F. The van der Waals surface area contributed by atoms with E-state index in [1.165, 1.54) is 6.07 Å². The van der Waals surface area contributed by atoms with Crippen LogP contribution in [-0.2, 0) is 9.53 Å². The van der Waals surface area contributed by atoms with Crippen molar-refractivity contribution < 1.29 is 23.4 Å². The van der Waals surface area contributed by atoms with E-state index in [9.17, 15) is 18.7 Å². The van der Waals surface area contributed by atoms with Crippen molar-refractivity contribution in [1.29, 1.82) is 0 Å². The highest BCUT2D eigenvalue weighted by Crippen LogP contribution is 2.13. The number of hydrogen-bond donors (Lipinski definition) is 2. The standard InChI is InChI=1S/C16H21F2NO3/c1-11(2)9-22-10-12(20)8-19-16(21)7-6-13-14(17)4-3-5-15(13)18/h3-7,11-12,20H,8-10H2,1-2H3,(H,19,21)/b7-6+. The number of rotatable bonds is 8. The van der Waals surface area contributed by atoms with Crippen LogP contribution in [0.5, 0.6) is 0 Å². The molecule has 1 aromatic rings. The van der Waals surface area contributed by atoms with Gasteiger partial charge in [0.25, 0.3) is 0 Å². The Bertz CT molecular complexity index is 498. The summed E-state index contributed by atoms with van der Waals surface area (Å²) in [5, 5.41) is 12.0. The Labute approximate surface area is 128 Å². The molecule has 0 saturated heterocycles. The predicted molar refractivity (Wildman–Crippen MR) is 80.1 cm³/mol. The van der Waals surface area contributed by atoms with Crippen LogP contribution in [0.2, 0.25) is 0 Å². The van der Waals surface area contributed by atoms with Crippen LogP contribution in [-0.4, -0.2) is 36.9 Å². The van der Waals surface area contributed by atoms with Crippen LogP contribution in [0.25, 0.3) is 6.08 Å². The minimum Gasteiger partial charge on any atom is -0.389 e. The minimum absolute atomic E-state index is 0.00101. The van der Waals surface area contributed by atoms with Gasteiger partial charge in [0, 0.05) is 24.8 Å². The Balaban J connectivity index is 2.38. The van der Waals surface area contributed by atoms with Gasteiger partial charge in [-0.1, -0.05) is 19.9 Å². The molecule has 122 valence electrons. The van der Waals surface area contributed by atoms with Crippen molar-refractivity contribution >= 4 is 12.0 Å². The molecular formula is C16H21F2NO3. The van der Waals surface area contributed by atoms with Gasteiger partial charge in [0.05, 0.1) is 12.7 Å². The van der Waals surface area contributed by atoms with Crippen LogP contribution in [0.4, 0.5) is 8.78 Å². The van der Waals surface area contributed by atoms with E-state index in [0.29, 0.717) is 12.5 Å². The van der Waals surface area contributed by atoms with Gasteiger partial charge in [0.1, 0.15) is 11.6 Å². The fourth-order valence-electron chi connectivity index (χ4n) is 1.60. The maximum Gasteiger partial charge on any atom is 0.244 e. The van der Waals surface area contributed by atoms with Crippen molar-refractivity contribution in [3.63, 3.8) is 0 Å². The van der Waals surface area contributed by atoms with Crippen LogP contribution in [0.3, 0.4) is 0 Å². The Morgan fingerprint density at radius 1 is 1.32 bits per heavy atom. The molecule has 0 bridgehead atoms. The number of carbonyl (C=O) groups is 1. The Hall–Kier alpha value is -1.79. The summed E-state index contributed by atoms with van der Waals surface area (Å²) in [5.74, 6) is -1.68. The van der Waals surface area contributed by atoms with Gasteiger partial charge >= 0.3 is 0 Å². The maximum absolute atomic E-state index is 13.3. The summed E-state index contributed by atoms with van der Waals surface area (Å²) in [4.78, 5) is 11.5. The second-order valence-corrected chi connectivity index (χ2v) is 5.30. The molecule has 22 heavy (non-hydrogen) atoms. The molecule has 4 nitrogen and oxygen atoms in total. The topological polar surface area (TPSA) is 58.6 Å². The van der Waals surface area contributed by atoms with Crippen molar-refractivity contribution in [3.05, 3.63) is 41.5 Å². The number of hydrogen-bond acceptors (Lipinski definition) is 3. The second kappa shape index (κ2) is 9.27. The summed E-state index contributed by atoms with van der Waals surface area (Å²) in [5.41, 5.74) is -0.279. The molecule has 0 saturated carbocycles. The van der Waals surface area contributed by atoms with E-state index in [1.54, 1.807) is 0 Å². The van der Waals surface area contributed by atoms with Crippen molar-refractivity contribution in [2.45, 2.75) is 20.0 Å². The van der Waals surface area contributed by atoms with E-state index in [4.69, 9.17) is 4.74 Å². The molecular weight excluding hydrogens is 292 g/mol. The summed E-state index contributed by atoms with van der Waals surface area (Å²) in [7, 11) is 0. The van der Waals surface area contributed by atoms with Crippen molar-refractivity contribution in [1.82, 2.24) is 5.32 Å². The first-order valence-electron chi connectivity index (χ1n) is 7.06. The number of nitrogens with one attached hydrogen (secondary N) is 1. The molecule has 1 atom stereocenters. The highest BCUT2D eigenvalue weighted by Gasteiger charge is 2.08. The molecule has 1 unspecified atom stereocenters. The van der Waals surface area contributed by atoms with Crippen molar-refractivity contribution in [2.24, 2.45) is 5.92 Å². The zero-order valence-electron chi connectivity index (χ0n) is 12.7. The zero-order chi connectivity index (χ0) is 16.5. The van der Waals surface area contributed by atoms with Crippen LogP contribution >= 0.6 is 0 Å². The van der Waals surface area contributed by atoms with Crippen LogP contribution < -0.4 is 5.32 Å². The van der Waals surface area contributed by atoms with Crippen molar-refractivity contribution in [3.8, 4) is 0 Å². The number of amides is 1. The lowest BCUT2D eigenvalue weighted by Crippen LogP contribution is -2.33. The molecule has 0 fully saturated rings. The molecule has 1 amide bonds. The monoisotopic (exact) mass is 313 g/mol. The van der Waals surface area contributed by atoms with Gasteiger partial charge < -0.3 is 15.2 Å². The van der Waals surface area contributed by atoms with Gasteiger partial charge in [-0.3, -0.25) is 4.79 Å². The van der Waals surface area contributed by atoms with Crippen molar-refractivity contribution in [2.75, 3.05) is 19.8 Å². The molecule has 0 radical (unpaired) electrons. The first kappa shape index (κ1) is 18.3. The average Bonchev–Trinajstić information content (AvgIpc) is 2.44. The third kappa shape index (κ3) is 6.78. The first-order valence-corrected chi connectivity index (χ1v) is 7.06. The highest BCUT2D eigenvalue weighted by molar-refractivity contribution is 5.91. The lowest BCUT2D eigenvalue weighted by atomic mass is 10.2. The fraction of sp³-hybridized carbons (Fsp3) is 0.438. The van der Waals surface area contributed by atoms with Crippen LogP contribution in [0, 0.1) is 17.6 Å². The molecule has 1 rings (SSSR count). The minimum atomic E-state index is -0.832. The number of halogens is 2. The summed E-state index contributed by atoms with van der Waals surface area (Å²) < 4.78 is 31.9. The fourth-order valence-corrected chi connectivity index (χ4v) is 1.60. The Morgan fingerprint density at radius 2 is 1.95 bits per heavy atom. The summed E-state index contributed by atoms with van der Waals surface area (Å²) >= 11 is 0. The van der Waals surface area contributed by atoms with Gasteiger partial charge in [-0.25, -0.2) is 8.78 Å². The number of aliphatic hydroxyl groups is 1. The van der Waals surface area contributed by atoms with E-state index >= 15 is 0 Å². The summed E-state index contributed by atoms with van der Waals surface area (Å²) in [6.07, 6.45) is 1.24. The second-order valence-electron chi connectivity index (χ2n) is 5.30. The summed E-state index contributed by atoms with van der Waals surface area (Å²) in [6.45, 7) is 4.62. The van der Waals surface area contributed by atoms with Gasteiger partial charge in [-0.2, -0.15) is 0 Å². The predicted octanol–water partition coefficient (Wildman–Crippen LogP) is 2.13. The number of carbonyl (C=O) groups excluding carboxylic acids is 1.